The molecule has 0 saturated carbocycles. The van der Waals surface area contributed by atoms with Gasteiger partial charge in [0, 0.05) is 6.42 Å². The Labute approximate surface area is 122 Å². The number of nitrogens with two attached hydrogens (primary N) is 1. The fourth-order valence-electron chi connectivity index (χ4n) is 1.93. The first-order valence-electron chi connectivity index (χ1n) is 5.60. The third-order valence-electron chi connectivity index (χ3n) is 2.88. The van der Waals surface area contributed by atoms with E-state index in [1.165, 1.54) is 0 Å². The molecule has 0 saturated heterocycles. The van der Waals surface area contributed by atoms with Gasteiger partial charge in [0.05, 0.1) is 12.6 Å². The molecule has 0 fully saturated rings. The van der Waals surface area contributed by atoms with Crippen molar-refractivity contribution < 1.29 is 9.90 Å². The Hall–Kier alpha value is -1.30. The number of rotatable bonds is 4. The van der Waals surface area contributed by atoms with Gasteiger partial charge >= 0.3 is 5.97 Å². The summed E-state index contributed by atoms with van der Waals surface area (Å²) in [4.78, 5) is 10.9. The van der Waals surface area contributed by atoms with Crippen LogP contribution in [0.4, 0.5) is 0 Å². The van der Waals surface area contributed by atoms with Crippen molar-refractivity contribution in [2.24, 2.45) is 10.8 Å². The average Bonchev–Trinajstić information content (AvgIpc) is 2.70. The molecule has 0 radical (unpaired) electrons. The molecule has 2 rings (SSSR count). The number of aliphatic carboxylic acids is 1. The maximum Gasteiger partial charge on any atom is 0.322 e. The fraction of sp³-hybridized carbons (Fsp3) is 0.333. The number of carboxylic acids is 1. The van der Waals surface area contributed by atoms with Crippen molar-refractivity contribution in [2.45, 2.75) is 25.0 Å². The second kappa shape index (κ2) is 6.75. The smallest absolute Gasteiger partial charge is 0.322 e. The van der Waals surface area contributed by atoms with E-state index in [0.717, 1.165) is 5.56 Å². The summed E-state index contributed by atoms with van der Waals surface area (Å²) in [7, 11) is 0. The highest BCUT2D eigenvalue weighted by Crippen LogP contribution is 2.22. The van der Waals surface area contributed by atoms with E-state index in [1.54, 1.807) is 5.01 Å². The highest BCUT2D eigenvalue weighted by Gasteiger charge is 2.34. The first kappa shape index (κ1) is 15.8. The van der Waals surface area contributed by atoms with Crippen LogP contribution < -0.4 is 5.73 Å². The molecule has 0 spiro atoms. The number of halogens is 2. The molecule has 1 aromatic rings. The minimum absolute atomic E-state index is 0. The lowest BCUT2D eigenvalue weighted by molar-refractivity contribution is -0.140. The van der Waals surface area contributed by atoms with E-state index in [-0.39, 0.29) is 12.4 Å². The van der Waals surface area contributed by atoms with Gasteiger partial charge in [0.25, 0.3) is 0 Å². The Balaban J connectivity index is 0.00000180. The summed E-state index contributed by atoms with van der Waals surface area (Å²) in [6.45, 7) is 0.503. The Bertz CT molecular complexity index is 467. The van der Waals surface area contributed by atoms with Crippen molar-refractivity contribution in [3.63, 3.8) is 0 Å². The van der Waals surface area contributed by atoms with Gasteiger partial charge in [-0.05, 0) is 5.56 Å². The molecule has 0 aliphatic carbocycles. The number of benzene rings is 1. The molecule has 0 amide bonds. The standard InChI is InChI=1S/C12H14ClN3O2.ClH/c13-10-6-9(11(14)12(17)18)16(15-10)7-8-4-2-1-3-5-8;/h1-5,9,11H,6-7,14H2,(H,17,18);1H/t9-,11-;/m0./s1. The number of hydrazone groups is 1. The number of carbonyl (C=O) groups is 1. The molecule has 1 heterocycles. The third-order valence-corrected chi connectivity index (χ3v) is 3.11. The zero-order chi connectivity index (χ0) is 13.1. The zero-order valence-corrected chi connectivity index (χ0v) is 11.6. The van der Waals surface area contributed by atoms with Crippen LogP contribution in [0, 0.1) is 0 Å². The van der Waals surface area contributed by atoms with Crippen molar-refractivity contribution in [1.82, 2.24) is 5.01 Å². The minimum Gasteiger partial charge on any atom is -0.480 e. The summed E-state index contributed by atoms with van der Waals surface area (Å²) in [5, 5.41) is 15.2. The largest absolute Gasteiger partial charge is 0.480 e. The van der Waals surface area contributed by atoms with Crippen LogP contribution in [0.15, 0.2) is 35.4 Å². The summed E-state index contributed by atoms with van der Waals surface area (Å²) in [6, 6.07) is 8.27. The van der Waals surface area contributed by atoms with Crippen LogP contribution in [-0.2, 0) is 11.3 Å². The SMILES string of the molecule is Cl.N[C@H](C(=O)O)[C@@H]1CC(Cl)=NN1Cc1ccccc1. The maximum absolute atomic E-state index is 10.9. The van der Waals surface area contributed by atoms with E-state index >= 15 is 0 Å². The molecule has 1 aromatic carbocycles. The average molecular weight is 304 g/mol. The Morgan fingerprint density at radius 3 is 2.74 bits per heavy atom. The molecule has 104 valence electrons. The van der Waals surface area contributed by atoms with Gasteiger partial charge in [0.2, 0.25) is 0 Å². The van der Waals surface area contributed by atoms with Crippen LogP contribution >= 0.6 is 24.0 Å². The Morgan fingerprint density at radius 1 is 1.53 bits per heavy atom. The van der Waals surface area contributed by atoms with Crippen LogP contribution in [0.2, 0.25) is 0 Å². The number of hydrogen-bond acceptors (Lipinski definition) is 4. The van der Waals surface area contributed by atoms with Gasteiger partial charge in [-0.1, -0.05) is 41.9 Å². The van der Waals surface area contributed by atoms with Crippen molar-refractivity contribution in [2.75, 3.05) is 0 Å². The van der Waals surface area contributed by atoms with Crippen LogP contribution in [-0.4, -0.2) is 33.3 Å². The second-order valence-electron chi connectivity index (χ2n) is 4.19. The number of hydrogen-bond donors (Lipinski definition) is 2. The van der Waals surface area contributed by atoms with E-state index in [9.17, 15) is 4.79 Å². The molecule has 0 aromatic heterocycles. The highest BCUT2D eigenvalue weighted by atomic mass is 35.5. The minimum atomic E-state index is -1.04. The number of carboxylic acid groups (broad SMARTS) is 1. The molecule has 2 atom stereocenters. The van der Waals surface area contributed by atoms with E-state index in [2.05, 4.69) is 5.10 Å². The normalized spacial score (nSPS) is 19.6. The van der Waals surface area contributed by atoms with E-state index in [1.807, 2.05) is 30.3 Å². The van der Waals surface area contributed by atoms with Gasteiger partial charge in [-0.15, -0.1) is 12.4 Å². The van der Waals surface area contributed by atoms with Gasteiger partial charge in [-0.3, -0.25) is 9.80 Å². The quantitative estimate of drug-likeness (QED) is 0.886. The second-order valence-corrected chi connectivity index (χ2v) is 4.63. The molecule has 1 aliphatic rings. The monoisotopic (exact) mass is 303 g/mol. The van der Waals surface area contributed by atoms with Crippen molar-refractivity contribution in [1.29, 1.82) is 0 Å². The number of nitrogens with zero attached hydrogens (tertiary/aromatic N) is 2. The van der Waals surface area contributed by atoms with Gasteiger partial charge < -0.3 is 10.8 Å². The Morgan fingerprint density at radius 2 is 2.16 bits per heavy atom. The lowest BCUT2D eigenvalue weighted by atomic mass is 10.1. The highest BCUT2D eigenvalue weighted by molar-refractivity contribution is 6.65. The van der Waals surface area contributed by atoms with E-state index in [4.69, 9.17) is 22.4 Å². The van der Waals surface area contributed by atoms with Gasteiger partial charge in [-0.25, -0.2) is 0 Å². The molecule has 5 nitrogen and oxygen atoms in total. The predicted molar refractivity (Wildman–Crippen MR) is 76.5 cm³/mol. The summed E-state index contributed by atoms with van der Waals surface area (Å²) in [6.07, 6.45) is 0.377. The van der Waals surface area contributed by atoms with Gasteiger partial charge in [0.1, 0.15) is 11.2 Å². The summed E-state index contributed by atoms with van der Waals surface area (Å²) < 4.78 is 0. The van der Waals surface area contributed by atoms with Crippen LogP contribution in [0.1, 0.15) is 12.0 Å². The van der Waals surface area contributed by atoms with Crippen LogP contribution in [0.5, 0.6) is 0 Å². The maximum atomic E-state index is 10.9. The molecular formula is C12H15Cl2N3O2. The Kier molecular flexibility index (Phi) is 5.60. The van der Waals surface area contributed by atoms with Crippen molar-refractivity contribution >= 4 is 35.1 Å². The molecule has 0 bridgehead atoms. The van der Waals surface area contributed by atoms with Crippen molar-refractivity contribution in [3.8, 4) is 0 Å². The first-order chi connectivity index (χ1) is 8.58. The third kappa shape index (κ3) is 3.83. The lowest BCUT2D eigenvalue weighted by Gasteiger charge is -2.26. The van der Waals surface area contributed by atoms with Crippen LogP contribution in [0.3, 0.4) is 0 Å². The van der Waals surface area contributed by atoms with Gasteiger partial charge in [0.15, 0.2) is 0 Å². The van der Waals surface area contributed by atoms with Gasteiger partial charge in [-0.2, -0.15) is 5.10 Å². The molecule has 7 heteroatoms. The lowest BCUT2D eigenvalue weighted by Crippen LogP contribution is -2.48. The molecule has 0 unspecified atom stereocenters. The predicted octanol–water partition coefficient (Wildman–Crippen LogP) is 1.65. The van der Waals surface area contributed by atoms with E-state index in [0.29, 0.717) is 18.1 Å². The van der Waals surface area contributed by atoms with E-state index < -0.39 is 18.1 Å². The molecule has 1 aliphatic heterocycles. The fourth-order valence-corrected chi connectivity index (χ4v) is 2.19. The summed E-state index contributed by atoms with van der Waals surface area (Å²) in [5.41, 5.74) is 6.69. The molecule has 3 N–H and O–H groups in total. The zero-order valence-electron chi connectivity index (χ0n) is 10.1. The van der Waals surface area contributed by atoms with Crippen LogP contribution in [0.25, 0.3) is 0 Å². The molecular weight excluding hydrogens is 289 g/mol. The summed E-state index contributed by atoms with van der Waals surface area (Å²) in [5.74, 6) is -1.04. The first-order valence-corrected chi connectivity index (χ1v) is 5.97. The summed E-state index contributed by atoms with van der Waals surface area (Å²) >= 11 is 5.88. The molecule has 19 heavy (non-hydrogen) atoms. The topological polar surface area (TPSA) is 78.9 Å². The van der Waals surface area contributed by atoms with Crippen molar-refractivity contribution in [3.05, 3.63) is 35.9 Å².